The topological polar surface area (TPSA) is 48.0 Å². The molecule has 9 heteroatoms. The van der Waals surface area contributed by atoms with Crippen molar-refractivity contribution in [1.82, 2.24) is 4.90 Å². The van der Waals surface area contributed by atoms with Gasteiger partial charge in [-0.2, -0.15) is 0 Å². The average molecular weight is 555 g/mol. The first-order valence-corrected chi connectivity index (χ1v) is 12.5. The summed E-state index contributed by atoms with van der Waals surface area (Å²) in [5, 5.41) is 0.657. The largest absolute Gasteiger partial charge is 0.493 e. The zero-order chi connectivity index (χ0) is 22.7. The fourth-order valence-electron chi connectivity index (χ4n) is 3.55. The molecule has 2 heterocycles. The van der Waals surface area contributed by atoms with Crippen LogP contribution < -0.4 is 9.47 Å². The molecule has 1 atom stereocenters. The number of halogens is 2. The molecule has 0 spiro atoms. The van der Waals surface area contributed by atoms with E-state index in [0.717, 1.165) is 35.0 Å². The number of amides is 1. The predicted molar refractivity (Wildman–Crippen MR) is 135 cm³/mol. The Kier molecular flexibility index (Phi) is 7.78. The van der Waals surface area contributed by atoms with Crippen molar-refractivity contribution in [3.05, 3.63) is 61.9 Å². The molecule has 0 bridgehead atoms. The maximum Gasteiger partial charge on any atom is 0.266 e. The van der Waals surface area contributed by atoms with Crippen molar-refractivity contribution in [2.75, 3.05) is 20.3 Å². The van der Waals surface area contributed by atoms with E-state index in [9.17, 15) is 4.79 Å². The fourth-order valence-corrected chi connectivity index (χ4v) is 5.61. The minimum absolute atomic E-state index is 0.0574. The molecule has 2 aliphatic rings. The van der Waals surface area contributed by atoms with Crippen LogP contribution in [0.25, 0.3) is 6.08 Å². The Morgan fingerprint density at radius 2 is 2.22 bits per heavy atom. The van der Waals surface area contributed by atoms with Gasteiger partial charge in [-0.25, -0.2) is 0 Å². The average Bonchev–Trinajstić information content (AvgIpc) is 3.37. The summed E-state index contributed by atoms with van der Waals surface area (Å²) in [5.74, 6) is 1.05. The lowest BCUT2D eigenvalue weighted by molar-refractivity contribution is -0.123. The van der Waals surface area contributed by atoms with E-state index in [2.05, 4.69) is 15.9 Å². The van der Waals surface area contributed by atoms with Crippen molar-refractivity contribution < 1.29 is 19.0 Å². The third-order valence-corrected chi connectivity index (χ3v) is 7.31. The van der Waals surface area contributed by atoms with E-state index in [1.54, 1.807) is 12.0 Å². The van der Waals surface area contributed by atoms with Crippen LogP contribution in [0.3, 0.4) is 0 Å². The van der Waals surface area contributed by atoms with Crippen LogP contribution in [0.1, 0.15) is 24.0 Å². The molecule has 2 saturated heterocycles. The lowest BCUT2D eigenvalue weighted by atomic mass is 10.1. The molecule has 2 aliphatic heterocycles. The zero-order valence-corrected chi connectivity index (χ0v) is 21.3. The number of thiocarbonyl (C=S) groups is 1. The number of nitrogens with zero attached hydrogens (tertiary/aromatic N) is 1. The first-order chi connectivity index (χ1) is 15.4. The summed E-state index contributed by atoms with van der Waals surface area (Å²) in [6, 6.07) is 11.2. The molecule has 2 aromatic carbocycles. The summed E-state index contributed by atoms with van der Waals surface area (Å²) in [4.78, 5) is 15.1. The number of carbonyl (C=O) groups excluding carboxylic acids is 1. The van der Waals surface area contributed by atoms with Gasteiger partial charge in [0, 0.05) is 11.6 Å². The van der Waals surface area contributed by atoms with Gasteiger partial charge in [-0.1, -0.05) is 47.7 Å². The summed E-state index contributed by atoms with van der Waals surface area (Å²) in [6.07, 6.45) is 3.86. The smallest absolute Gasteiger partial charge is 0.266 e. The molecule has 5 nitrogen and oxygen atoms in total. The van der Waals surface area contributed by atoms with Gasteiger partial charge < -0.3 is 14.2 Å². The lowest BCUT2D eigenvalue weighted by Crippen LogP contribution is -2.35. The number of hydrogen-bond acceptors (Lipinski definition) is 6. The molecular weight excluding hydrogens is 534 g/mol. The molecule has 2 aromatic rings. The molecule has 0 unspecified atom stereocenters. The third-order valence-electron chi connectivity index (χ3n) is 5.11. The monoisotopic (exact) mass is 553 g/mol. The lowest BCUT2D eigenvalue weighted by Gasteiger charge is -2.18. The van der Waals surface area contributed by atoms with Gasteiger partial charge in [-0.15, -0.1) is 0 Å². The van der Waals surface area contributed by atoms with Gasteiger partial charge in [0.05, 0.1) is 29.1 Å². The summed E-state index contributed by atoms with van der Waals surface area (Å²) in [6.45, 7) is 1.59. The van der Waals surface area contributed by atoms with Crippen molar-refractivity contribution in [1.29, 1.82) is 0 Å². The highest BCUT2D eigenvalue weighted by Crippen LogP contribution is 2.39. The van der Waals surface area contributed by atoms with Crippen molar-refractivity contribution >= 4 is 67.8 Å². The van der Waals surface area contributed by atoms with Gasteiger partial charge in [0.2, 0.25) is 0 Å². The molecule has 0 aliphatic carbocycles. The summed E-state index contributed by atoms with van der Waals surface area (Å²) in [5.41, 5.74) is 1.76. The number of ether oxygens (including phenoxy) is 3. The van der Waals surface area contributed by atoms with E-state index in [1.807, 2.05) is 42.5 Å². The fraction of sp³-hybridized carbons (Fsp3) is 0.304. The number of methoxy groups -OCH3 is 1. The van der Waals surface area contributed by atoms with Crippen LogP contribution in [0.4, 0.5) is 0 Å². The van der Waals surface area contributed by atoms with Crippen LogP contribution in [-0.4, -0.2) is 41.5 Å². The molecule has 2 fully saturated rings. The van der Waals surface area contributed by atoms with Crippen LogP contribution in [-0.2, 0) is 16.1 Å². The Labute approximate surface area is 210 Å². The quantitative estimate of drug-likeness (QED) is 0.306. The number of carbonyl (C=O) groups is 1. The molecule has 0 saturated carbocycles. The van der Waals surface area contributed by atoms with Crippen molar-refractivity contribution in [2.45, 2.75) is 25.6 Å². The Morgan fingerprint density at radius 3 is 2.94 bits per heavy atom. The molecule has 32 heavy (non-hydrogen) atoms. The van der Waals surface area contributed by atoms with E-state index in [4.69, 9.17) is 38.0 Å². The summed E-state index contributed by atoms with van der Waals surface area (Å²) >= 11 is 16.4. The standard InChI is InChI=1S/C23H21BrClNO4S2/c1-28-19-10-15(9-18(24)21(19)30-13-14-4-2-5-16(25)8-14)11-20-22(27)26(23(31)32-20)12-17-6-3-7-29-17/h2,4-5,8-11,17H,3,6-7,12-13H2,1H3/b20-11-/t17-/m1/s1. The summed E-state index contributed by atoms with van der Waals surface area (Å²) in [7, 11) is 1.58. The molecule has 0 aromatic heterocycles. The van der Waals surface area contributed by atoms with Gasteiger partial charge >= 0.3 is 0 Å². The van der Waals surface area contributed by atoms with Crippen LogP contribution in [0.15, 0.2) is 45.8 Å². The molecule has 1 amide bonds. The van der Waals surface area contributed by atoms with Gasteiger partial charge in [-0.05, 0) is 70.2 Å². The highest BCUT2D eigenvalue weighted by Gasteiger charge is 2.34. The Hall–Kier alpha value is -1.58. The first-order valence-electron chi connectivity index (χ1n) is 10.1. The van der Waals surface area contributed by atoms with E-state index >= 15 is 0 Å². The second-order valence-electron chi connectivity index (χ2n) is 7.38. The van der Waals surface area contributed by atoms with Crippen LogP contribution >= 0.6 is 51.5 Å². The number of benzene rings is 2. The SMILES string of the molecule is COc1cc(/C=C2\SC(=S)N(C[C@H]3CCCO3)C2=O)cc(Br)c1OCc1cccc(Cl)c1. The molecule has 4 rings (SSSR count). The molecule has 0 radical (unpaired) electrons. The highest BCUT2D eigenvalue weighted by atomic mass is 79.9. The second-order valence-corrected chi connectivity index (χ2v) is 10.3. The second kappa shape index (κ2) is 10.6. The van der Waals surface area contributed by atoms with Crippen LogP contribution in [0.2, 0.25) is 5.02 Å². The Bertz CT molecular complexity index is 1070. The number of rotatable bonds is 7. The van der Waals surface area contributed by atoms with Crippen LogP contribution in [0, 0.1) is 0 Å². The van der Waals surface area contributed by atoms with Crippen molar-refractivity contribution in [3.8, 4) is 11.5 Å². The van der Waals surface area contributed by atoms with E-state index in [1.165, 1.54) is 11.8 Å². The van der Waals surface area contributed by atoms with Gasteiger partial charge in [0.15, 0.2) is 11.5 Å². The molecule has 168 valence electrons. The Balaban J connectivity index is 1.51. The third kappa shape index (κ3) is 5.48. The number of hydrogen-bond donors (Lipinski definition) is 0. The van der Waals surface area contributed by atoms with Crippen molar-refractivity contribution in [2.24, 2.45) is 0 Å². The maximum absolute atomic E-state index is 12.9. The zero-order valence-electron chi connectivity index (χ0n) is 17.3. The van der Waals surface area contributed by atoms with E-state index in [-0.39, 0.29) is 12.0 Å². The van der Waals surface area contributed by atoms with Crippen LogP contribution in [0.5, 0.6) is 11.5 Å². The first kappa shape index (κ1) is 23.6. The van der Waals surface area contributed by atoms with E-state index in [0.29, 0.717) is 38.9 Å². The highest BCUT2D eigenvalue weighted by molar-refractivity contribution is 9.10. The summed E-state index contributed by atoms with van der Waals surface area (Å²) < 4.78 is 18.5. The molecule has 0 N–H and O–H groups in total. The number of thioether (sulfide) groups is 1. The van der Waals surface area contributed by atoms with E-state index < -0.39 is 0 Å². The molecular formula is C23H21BrClNO4S2. The predicted octanol–water partition coefficient (Wildman–Crippen LogP) is 6.07. The minimum atomic E-state index is -0.0909. The normalized spacial score (nSPS) is 19.8. The van der Waals surface area contributed by atoms with Gasteiger partial charge in [0.1, 0.15) is 10.9 Å². The maximum atomic E-state index is 12.9. The van der Waals surface area contributed by atoms with Crippen molar-refractivity contribution in [3.63, 3.8) is 0 Å². The van der Waals surface area contributed by atoms with Gasteiger partial charge in [-0.3, -0.25) is 9.69 Å². The Morgan fingerprint density at radius 1 is 1.38 bits per heavy atom. The minimum Gasteiger partial charge on any atom is -0.493 e. The van der Waals surface area contributed by atoms with Gasteiger partial charge in [0.25, 0.3) is 5.91 Å².